The van der Waals surface area contributed by atoms with E-state index in [0.717, 1.165) is 17.3 Å². The Labute approximate surface area is 118 Å². The monoisotopic (exact) mass is 270 g/mol. The molecule has 0 bridgehead atoms. The first-order valence-electron chi connectivity index (χ1n) is 6.34. The van der Waals surface area contributed by atoms with Crippen molar-refractivity contribution in [1.82, 2.24) is 25.4 Å². The number of aliphatic imine (C=N–C) groups is 1. The summed E-state index contributed by atoms with van der Waals surface area (Å²) >= 11 is 0. The van der Waals surface area contributed by atoms with Gasteiger partial charge in [-0.1, -0.05) is 6.08 Å². The van der Waals surface area contributed by atoms with Gasteiger partial charge in [0.15, 0.2) is 11.8 Å². The molecule has 0 radical (unpaired) electrons. The Bertz CT molecular complexity index is 573. The first-order chi connectivity index (χ1) is 9.83. The smallest absolute Gasteiger partial charge is 0.191 e. The minimum absolute atomic E-state index is 0.660. The van der Waals surface area contributed by atoms with E-state index in [4.69, 9.17) is 0 Å². The predicted molar refractivity (Wildman–Crippen MR) is 79.8 cm³/mol. The molecule has 0 amide bonds. The largest absolute Gasteiger partial charge is 0.353 e. The first-order valence-corrected chi connectivity index (χ1v) is 6.34. The lowest BCUT2D eigenvalue weighted by molar-refractivity contribution is 0.821. The van der Waals surface area contributed by atoms with Gasteiger partial charge >= 0.3 is 0 Å². The second kappa shape index (κ2) is 7.08. The molecule has 2 rings (SSSR count). The van der Waals surface area contributed by atoms with E-state index in [-0.39, 0.29) is 0 Å². The van der Waals surface area contributed by atoms with Crippen molar-refractivity contribution < 1.29 is 0 Å². The van der Waals surface area contributed by atoms with Crippen LogP contribution in [-0.4, -0.2) is 34.3 Å². The van der Waals surface area contributed by atoms with E-state index in [1.807, 2.05) is 24.4 Å². The molecule has 2 N–H and O–H groups in total. The molecule has 20 heavy (non-hydrogen) atoms. The molecule has 0 unspecified atom stereocenters. The summed E-state index contributed by atoms with van der Waals surface area (Å²) in [5, 5.41) is 10.5. The van der Waals surface area contributed by atoms with Gasteiger partial charge in [0.1, 0.15) is 0 Å². The lowest BCUT2D eigenvalue weighted by Gasteiger charge is -2.11. The molecule has 6 nitrogen and oxygen atoms in total. The van der Waals surface area contributed by atoms with Crippen LogP contribution in [0.2, 0.25) is 0 Å². The third-order valence-corrected chi connectivity index (χ3v) is 2.65. The number of guanidine groups is 1. The average molecular weight is 270 g/mol. The zero-order valence-corrected chi connectivity index (χ0v) is 11.5. The van der Waals surface area contributed by atoms with Crippen molar-refractivity contribution >= 4 is 5.96 Å². The van der Waals surface area contributed by atoms with Crippen LogP contribution in [0.5, 0.6) is 0 Å². The van der Waals surface area contributed by atoms with Crippen molar-refractivity contribution in [1.29, 1.82) is 0 Å². The highest BCUT2D eigenvalue weighted by atomic mass is 15.3. The zero-order valence-electron chi connectivity index (χ0n) is 11.5. The van der Waals surface area contributed by atoms with Gasteiger partial charge in [0, 0.05) is 38.7 Å². The molecular weight excluding hydrogens is 252 g/mol. The Hall–Kier alpha value is -2.63. The molecule has 0 saturated heterocycles. The van der Waals surface area contributed by atoms with Gasteiger partial charge in [-0.25, -0.2) is 9.67 Å². The summed E-state index contributed by atoms with van der Waals surface area (Å²) in [6, 6.07) is 5.81. The van der Waals surface area contributed by atoms with Gasteiger partial charge in [-0.3, -0.25) is 4.99 Å². The van der Waals surface area contributed by atoms with Crippen molar-refractivity contribution in [3.05, 3.63) is 55.0 Å². The summed E-state index contributed by atoms with van der Waals surface area (Å²) in [7, 11) is 1.74. The third kappa shape index (κ3) is 3.68. The highest BCUT2D eigenvalue weighted by Gasteiger charge is 2.01. The molecule has 104 valence electrons. The number of aromatic nitrogens is 3. The normalized spacial score (nSPS) is 11.2. The summed E-state index contributed by atoms with van der Waals surface area (Å²) < 4.78 is 1.73. The predicted octanol–water partition coefficient (Wildman–Crippen LogP) is 1.12. The van der Waals surface area contributed by atoms with E-state index in [1.54, 1.807) is 30.2 Å². The maximum atomic E-state index is 4.29. The lowest BCUT2D eigenvalue weighted by Crippen LogP contribution is -2.36. The van der Waals surface area contributed by atoms with Gasteiger partial charge in [0.05, 0.1) is 0 Å². The van der Waals surface area contributed by atoms with E-state index in [2.05, 4.69) is 32.3 Å². The molecule has 0 aliphatic rings. The number of hydrogen-bond donors (Lipinski definition) is 2. The fraction of sp³-hybridized carbons (Fsp3) is 0.214. The van der Waals surface area contributed by atoms with Crippen LogP contribution in [-0.2, 0) is 6.54 Å². The molecule has 0 aliphatic heterocycles. The van der Waals surface area contributed by atoms with Gasteiger partial charge < -0.3 is 10.6 Å². The first kappa shape index (κ1) is 13.8. The van der Waals surface area contributed by atoms with Crippen LogP contribution in [0.1, 0.15) is 5.56 Å². The van der Waals surface area contributed by atoms with E-state index in [1.165, 1.54) is 0 Å². The van der Waals surface area contributed by atoms with Gasteiger partial charge in [-0.05, 0) is 23.8 Å². The Morgan fingerprint density at radius 1 is 1.45 bits per heavy atom. The maximum Gasteiger partial charge on any atom is 0.191 e. The SMILES string of the molecule is C=CCNC(=NC)NCc1ccnc(-n2cccn2)c1. The molecule has 2 heterocycles. The maximum absolute atomic E-state index is 4.29. The number of hydrogen-bond acceptors (Lipinski definition) is 3. The molecule has 0 aliphatic carbocycles. The minimum atomic E-state index is 0.660. The zero-order chi connectivity index (χ0) is 14.2. The van der Waals surface area contributed by atoms with E-state index in [0.29, 0.717) is 13.1 Å². The molecule has 0 fully saturated rings. The Kier molecular flexibility index (Phi) is 4.88. The molecule has 0 atom stereocenters. The highest BCUT2D eigenvalue weighted by Crippen LogP contribution is 2.05. The second-order valence-corrected chi connectivity index (χ2v) is 4.07. The number of pyridine rings is 1. The highest BCUT2D eigenvalue weighted by molar-refractivity contribution is 5.79. The standard InChI is InChI=1S/C14H18N6/c1-3-6-17-14(15-2)18-11-12-5-8-16-13(10-12)20-9-4-7-19-20/h3-5,7-10H,1,6,11H2,2H3,(H2,15,17,18). The summed E-state index contributed by atoms with van der Waals surface area (Å²) in [5.41, 5.74) is 1.10. The summed E-state index contributed by atoms with van der Waals surface area (Å²) in [6.07, 6.45) is 7.15. The Morgan fingerprint density at radius 3 is 3.05 bits per heavy atom. The molecule has 2 aromatic heterocycles. The Morgan fingerprint density at radius 2 is 2.35 bits per heavy atom. The number of nitrogens with one attached hydrogen (secondary N) is 2. The van der Waals surface area contributed by atoms with Gasteiger partial charge in [-0.15, -0.1) is 6.58 Å². The minimum Gasteiger partial charge on any atom is -0.353 e. The summed E-state index contributed by atoms with van der Waals surface area (Å²) in [5.74, 6) is 1.53. The van der Waals surface area contributed by atoms with Crippen LogP contribution in [0.25, 0.3) is 5.82 Å². The number of nitrogens with zero attached hydrogens (tertiary/aromatic N) is 4. The Balaban J connectivity index is 2.00. The molecule has 2 aromatic rings. The van der Waals surface area contributed by atoms with Crippen LogP contribution in [0.4, 0.5) is 0 Å². The lowest BCUT2D eigenvalue weighted by atomic mass is 10.2. The molecular formula is C14H18N6. The summed E-state index contributed by atoms with van der Waals surface area (Å²) in [6.45, 7) is 5.00. The van der Waals surface area contributed by atoms with Crippen molar-refractivity contribution in [2.45, 2.75) is 6.54 Å². The van der Waals surface area contributed by atoms with E-state index in [9.17, 15) is 0 Å². The second-order valence-electron chi connectivity index (χ2n) is 4.07. The van der Waals surface area contributed by atoms with Crippen molar-refractivity contribution in [3.63, 3.8) is 0 Å². The molecule has 0 saturated carbocycles. The fourth-order valence-corrected chi connectivity index (χ4v) is 1.68. The third-order valence-electron chi connectivity index (χ3n) is 2.65. The topological polar surface area (TPSA) is 67.1 Å². The van der Waals surface area contributed by atoms with Crippen molar-refractivity contribution in [2.24, 2.45) is 4.99 Å². The average Bonchev–Trinajstić information content (AvgIpc) is 3.02. The molecule has 0 aromatic carbocycles. The van der Waals surface area contributed by atoms with Gasteiger partial charge in [0.25, 0.3) is 0 Å². The summed E-state index contributed by atoms with van der Waals surface area (Å²) in [4.78, 5) is 8.42. The molecule has 0 spiro atoms. The number of rotatable bonds is 5. The van der Waals surface area contributed by atoms with Crippen molar-refractivity contribution in [3.8, 4) is 5.82 Å². The quantitative estimate of drug-likeness (QED) is 0.485. The van der Waals surface area contributed by atoms with Gasteiger partial charge in [-0.2, -0.15) is 5.10 Å². The van der Waals surface area contributed by atoms with Gasteiger partial charge in [0.2, 0.25) is 0 Å². The van der Waals surface area contributed by atoms with Crippen LogP contribution in [0.15, 0.2) is 54.4 Å². The van der Waals surface area contributed by atoms with E-state index < -0.39 is 0 Å². The van der Waals surface area contributed by atoms with E-state index >= 15 is 0 Å². The van der Waals surface area contributed by atoms with Crippen LogP contribution in [0, 0.1) is 0 Å². The fourth-order valence-electron chi connectivity index (χ4n) is 1.68. The van der Waals surface area contributed by atoms with Crippen LogP contribution < -0.4 is 10.6 Å². The van der Waals surface area contributed by atoms with Crippen LogP contribution >= 0.6 is 0 Å². The van der Waals surface area contributed by atoms with Crippen molar-refractivity contribution in [2.75, 3.05) is 13.6 Å². The van der Waals surface area contributed by atoms with Crippen LogP contribution in [0.3, 0.4) is 0 Å². The molecule has 6 heteroatoms.